The number of hydrogen-bond acceptors (Lipinski definition) is 5. The van der Waals surface area contributed by atoms with Crippen LogP contribution in [0.25, 0.3) is 10.1 Å². The number of nitrogens with one attached hydrogen (secondary N) is 2. The molecule has 3 heterocycles. The van der Waals surface area contributed by atoms with Crippen LogP contribution >= 0.6 is 23.7 Å². The molecule has 1 saturated heterocycles. The minimum absolute atomic E-state index is 0. The number of fused-ring (bicyclic) bond motifs is 2. The molecule has 2 aromatic carbocycles. The molecule has 3 aromatic rings. The van der Waals surface area contributed by atoms with Gasteiger partial charge in [0, 0.05) is 59.2 Å². The lowest BCUT2D eigenvalue weighted by molar-refractivity contribution is 0.296. The van der Waals surface area contributed by atoms with E-state index in [0.29, 0.717) is 12.1 Å². The van der Waals surface area contributed by atoms with Gasteiger partial charge >= 0.3 is 0 Å². The van der Waals surface area contributed by atoms with Gasteiger partial charge in [-0.2, -0.15) is 0 Å². The highest BCUT2D eigenvalue weighted by Crippen LogP contribution is 2.33. The average Bonchev–Trinajstić information content (AvgIpc) is 3.26. The zero-order chi connectivity index (χ0) is 20.3. The summed E-state index contributed by atoms with van der Waals surface area (Å²) in [6, 6.07) is 16.6. The molecule has 1 fully saturated rings. The lowest BCUT2D eigenvalue weighted by Gasteiger charge is -2.38. The fourth-order valence-corrected chi connectivity index (χ4v) is 5.59. The van der Waals surface area contributed by atoms with Gasteiger partial charge in [-0.15, -0.1) is 23.7 Å². The van der Waals surface area contributed by atoms with E-state index in [1.165, 1.54) is 33.4 Å². The van der Waals surface area contributed by atoms with Crippen molar-refractivity contribution in [2.45, 2.75) is 44.7 Å². The summed E-state index contributed by atoms with van der Waals surface area (Å²) in [7, 11) is 0. The molecule has 166 valence electrons. The van der Waals surface area contributed by atoms with Crippen molar-refractivity contribution in [2.75, 3.05) is 36.5 Å². The van der Waals surface area contributed by atoms with Crippen molar-refractivity contribution in [3.63, 3.8) is 0 Å². The van der Waals surface area contributed by atoms with Gasteiger partial charge in [-0.3, -0.25) is 0 Å². The van der Waals surface area contributed by atoms with Crippen molar-refractivity contribution in [1.29, 1.82) is 0 Å². The number of aryl methyl sites for hydroxylation is 1. The highest BCUT2D eigenvalue weighted by Gasteiger charge is 2.23. The van der Waals surface area contributed by atoms with E-state index in [2.05, 4.69) is 70.3 Å². The number of benzene rings is 2. The Morgan fingerprint density at radius 1 is 1.19 bits per heavy atom. The number of piperazine rings is 1. The van der Waals surface area contributed by atoms with Gasteiger partial charge < -0.3 is 20.3 Å². The second-order valence-corrected chi connectivity index (χ2v) is 9.50. The highest BCUT2D eigenvalue weighted by atomic mass is 35.5. The summed E-state index contributed by atoms with van der Waals surface area (Å²) in [6.07, 6.45) is 4.56. The van der Waals surface area contributed by atoms with E-state index in [9.17, 15) is 0 Å². The van der Waals surface area contributed by atoms with Crippen molar-refractivity contribution in [3.8, 4) is 5.75 Å². The van der Waals surface area contributed by atoms with Crippen LogP contribution in [0.15, 0.2) is 47.8 Å². The molecule has 0 aliphatic carbocycles. The molecule has 2 aliphatic heterocycles. The maximum atomic E-state index is 6.12. The molecule has 4 nitrogen and oxygen atoms in total. The highest BCUT2D eigenvalue weighted by molar-refractivity contribution is 7.17. The van der Waals surface area contributed by atoms with Gasteiger partial charge in [0.25, 0.3) is 0 Å². The summed E-state index contributed by atoms with van der Waals surface area (Å²) in [6.45, 7) is 6.17. The molecule has 2 aliphatic rings. The average molecular weight is 458 g/mol. The molecule has 0 amide bonds. The standard InChI is InChI=1S/C25H31N3OS.ClH/c1-18-7-8-19-9-10-21(16-23(19)27-18)29-14-3-4-20-17-26-12-13-28(20)24-5-2-6-25-22(24)11-15-30-25;/h2,5-6,9-11,15-16,18,20,26-27H,3-4,7-8,12-14,17H2,1H3;1H. The molecule has 0 bridgehead atoms. The van der Waals surface area contributed by atoms with Crippen LogP contribution in [0.2, 0.25) is 0 Å². The predicted molar refractivity (Wildman–Crippen MR) is 136 cm³/mol. The Balaban J connectivity index is 0.00000231. The Hall–Kier alpha value is -1.95. The maximum absolute atomic E-state index is 6.12. The summed E-state index contributed by atoms with van der Waals surface area (Å²) in [5.41, 5.74) is 4.04. The number of hydrogen-bond donors (Lipinski definition) is 2. The van der Waals surface area contributed by atoms with Gasteiger partial charge in [-0.1, -0.05) is 12.1 Å². The fraction of sp³-hybridized carbons (Fsp3) is 0.440. The molecule has 31 heavy (non-hydrogen) atoms. The third-order valence-electron chi connectivity index (χ3n) is 6.41. The Bertz CT molecular complexity index is 1010. The normalized spacial score (nSPS) is 20.6. The topological polar surface area (TPSA) is 36.5 Å². The molecule has 5 rings (SSSR count). The molecule has 2 atom stereocenters. The Morgan fingerprint density at radius 3 is 3.06 bits per heavy atom. The summed E-state index contributed by atoms with van der Waals surface area (Å²) >= 11 is 1.83. The van der Waals surface area contributed by atoms with Crippen molar-refractivity contribution >= 4 is 45.2 Å². The number of thiophene rings is 1. The SMILES string of the molecule is CC1CCc2ccc(OCCCC3CNCCN3c3cccc4sccc34)cc2N1.Cl. The molecule has 0 radical (unpaired) electrons. The van der Waals surface area contributed by atoms with Crippen molar-refractivity contribution in [1.82, 2.24) is 5.32 Å². The summed E-state index contributed by atoms with van der Waals surface area (Å²) in [5.74, 6) is 0.983. The molecule has 2 N–H and O–H groups in total. The minimum atomic E-state index is 0. The molecule has 0 spiro atoms. The number of anilines is 2. The van der Waals surface area contributed by atoms with Crippen LogP contribution in [0.5, 0.6) is 5.75 Å². The van der Waals surface area contributed by atoms with Crippen LogP contribution in [0.1, 0.15) is 31.7 Å². The van der Waals surface area contributed by atoms with Gasteiger partial charge in [-0.25, -0.2) is 0 Å². The summed E-state index contributed by atoms with van der Waals surface area (Å²) in [4.78, 5) is 2.61. The fourth-order valence-electron chi connectivity index (χ4n) is 4.78. The van der Waals surface area contributed by atoms with Crippen LogP contribution in [0.4, 0.5) is 11.4 Å². The van der Waals surface area contributed by atoms with Gasteiger partial charge in [0.1, 0.15) is 5.75 Å². The monoisotopic (exact) mass is 457 g/mol. The van der Waals surface area contributed by atoms with E-state index in [-0.39, 0.29) is 12.4 Å². The van der Waals surface area contributed by atoms with Crippen molar-refractivity contribution in [3.05, 3.63) is 53.4 Å². The minimum Gasteiger partial charge on any atom is -0.494 e. The smallest absolute Gasteiger partial charge is 0.121 e. The molecule has 6 heteroatoms. The van der Waals surface area contributed by atoms with E-state index in [4.69, 9.17) is 4.74 Å². The first kappa shape index (κ1) is 22.3. The molecule has 2 unspecified atom stereocenters. The number of ether oxygens (including phenoxy) is 1. The largest absolute Gasteiger partial charge is 0.494 e. The number of rotatable bonds is 6. The van der Waals surface area contributed by atoms with Crippen LogP contribution < -0.4 is 20.3 Å². The number of halogens is 1. The first-order valence-electron chi connectivity index (χ1n) is 11.2. The second-order valence-electron chi connectivity index (χ2n) is 8.55. The van der Waals surface area contributed by atoms with E-state index in [0.717, 1.165) is 51.3 Å². The van der Waals surface area contributed by atoms with E-state index < -0.39 is 0 Å². The van der Waals surface area contributed by atoms with Gasteiger partial charge in [0.2, 0.25) is 0 Å². The Kier molecular flexibility index (Phi) is 7.26. The van der Waals surface area contributed by atoms with Crippen LogP contribution in [-0.4, -0.2) is 38.3 Å². The molecule has 0 saturated carbocycles. The van der Waals surface area contributed by atoms with Gasteiger partial charge in [0.15, 0.2) is 0 Å². The third kappa shape index (κ3) is 4.94. The summed E-state index contributed by atoms with van der Waals surface area (Å²) in [5, 5.41) is 10.8. The van der Waals surface area contributed by atoms with E-state index >= 15 is 0 Å². The number of nitrogens with zero attached hydrogens (tertiary/aromatic N) is 1. The first-order valence-corrected chi connectivity index (χ1v) is 12.1. The van der Waals surface area contributed by atoms with Crippen LogP contribution in [0.3, 0.4) is 0 Å². The first-order chi connectivity index (χ1) is 14.8. The second kappa shape index (κ2) is 10.1. The zero-order valence-electron chi connectivity index (χ0n) is 18.1. The lowest BCUT2D eigenvalue weighted by Crippen LogP contribution is -2.51. The molecule has 1 aromatic heterocycles. The van der Waals surface area contributed by atoms with Gasteiger partial charge in [0.05, 0.1) is 6.61 Å². The van der Waals surface area contributed by atoms with E-state index in [1.807, 2.05) is 11.3 Å². The van der Waals surface area contributed by atoms with Crippen molar-refractivity contribution in [2.24, 2.45) is 0 Å². The Morgan fingerprint density at radius 2 is 2.13 bits per heavy atom. The molecular formula is C25H32ClN3OS. The van der Waals surface area contributed by atoms with Gasteiger partial charge in [-0.05, 0) is 67.8 Å². The van der Waals surface area contributed by atoms with Crippen molar-refractivity contribution < 1.29 is 4.74 Å². The molecular weight excluding hydrogens is 426 g/mol. The quantitative estimate of drug-likeness (QED) is 0.465. The third-order valence-corrected chi connectivity index (χ3v) is 7.29. The predicted octanol–water partition coefficient (Wildman–Crippen LogP) is 5.71. The zero-order valence-corrected chi connectivity index (χ0v) is 19.7. The Labute approximate surface area is 195 Å². The van der Waals surface area contributed by atoms with E-state index in [1.54, 1.807) is 0 Å². The van der Waals surface area contributed by atoms with Crippen LogP contribution in [-0.2, 0) is 6.42 Å². The van der Waals surface area contributed by atoms with Crippen LogP contribution in [0, 0.1) is 0 Å². The maximum Gasteiger partial charge on any atom is 0.121 e. The summed E-state index contributed by atoms with van der Waals surface area (Å²) < 4.78 is 7.50. The lowest BCUT2D eigenvalue weighted by atomic mass is 9.99.